The monoisotopic (exact) mass is 239 g/mol. The Kier molecular flexibility index (Phi) is 2.70. The van der Waals surface area contributed by atoms with Gasteiger partial charge in [-0.3, -0.25) is 4.79 Å². The van der Waals surface area contributed by atoms with Crippen molar-refractivity contribution < 1.29 is 9.90 Å². The van der Waals surface area contributed by atoms with Crippen LogP contribution in [0.25, 0.3) is 0 Å². The van der Waals surface area contributed by atoms with Crippen LogP contribution in [0.2, 0.25) is 5.02 Å². The molecule has 6 heteroatoms. The van der Waals surface area contributed by atoms with Crippen molar-refractivity contribution >= 4 is 23.3 Å². The molecule has 0 unspecified atom stereocenters. The molecule has 0 fully saturated rings. The molecule has 1 aromatic carbocycles. The number of benzene rings is 1. The molecule has 1 heterocycles. The van der Waals surface area contributed by atoms with E-state index in [4.69, 9.17) is 11.6 Å². The number of hydrogen-bond donors (Lipinski definition) is 2. The molecule has 0 saturated carbocycles. The van der Waals surface area contributed by atoms with Gasteiger partial charge in [0.15, 0.2) is 5.84 Å². The first-order valence-corrected chi connectivity index (χ1v) is 5.02. The molecule has 0 saturated heterocycles. The summed E-state index contributed by atoms with van der Waals surface area (Å²) in [5.41, 5.74) is 3.14. The van der Waals surface area contributed by atoms with Crippen LogP contribution < -0.4 is 5.43 Å². The van der Waals surface area contributed by atoms with E-state index >= 15 is 0 Å². The number of carbonyl (C=O) groups is 1. The van der Waals surface area contributed by atoms with Crippen LogP contribution in [0.15, 0.2) is 23.3 Å². The molecule has 0 aliphatic carbocycles. The summed E-state index contributed by atoms with van der Waals surface area (Å²) in [6, 6.07) is 4.78. The minimum absolute atomic E-state index is 0.0218. The molecule has 16 heavy (non-hydrogen) atoms. The zero-order valence-corrected chi connectivity index (χ0v) is 9.32. The van der Waals surface area contributed by atoms with Gasteiger partial charge in [0.1, 0.15) is 5.75 Å². The standard InChI is InChI=1S/C10H10ClN3O2/c1-14-5-9(16)12-13-10(14)6-2-3-8(15)7(11)4-6/h2-4,15H,5H2,1H3,(H,12,16). The molecule has 84 valence electrons. The van der Waals surface area contributed by atoms with E-state index in [2.05, 4.69) is 10.5 Å². The number of carbonyl (C=O) groups excluding carboxylic acids is 1. The number of phenolic OH excluding ortho intramolecular Hbond substituents is 1. The molecule has 0 bridgehead atoms. The van der Waals surface area contributed by atoms with E-state index in [0.29, 0.717) is 5.84 Å². The minimum Gasteiger partial charge on any atom is -0.506 e. The Hall–Kier alpha value is -1.75. The Balaban J connectivity index is 2.37. The Bertz CT molecular complexity index is 473. The third kappa shape index (κ3) is 1.94. The highest BCUT2D eigenvalue weighted by Gasteiger charge is 2.18. The van der Waals surface area contributed by atoms with Crippen molar-refractivity contribution in [3.8, 4) is 5.75 Å². The average molecular weight is 240 g/mol. The smallest absolute Gasteiger partial charge is 0.259 e. The SMILES string of the molecule is CN1CC(=O)NN=C1c1ccc(O)c(Cl)c1. The van der Waals surface area contributed by atoms with Crippen molar-refractivity contribution in [2.24, 2.45) is 5.10 Å². The lowest BCUT2D eigenvalue weighted by atomic mass is 10.2. The van der Waals surface area contributed by atoms with E-state index in [1.165, 1.54) is 6.07 Å². The fourth-order valence-electron chi connectivity index (χ4n) is 1.46. The summed E-state index contributed by atoms with van der Waals surface area (Å²) in [6.07, 6.45) is 0. The second-order valence-corrected chi connectivity index (χ2v) is 3.90. The number of phenols is 1. The Morgan fingerprint density at radius 3 is 2.94 bits per heavy atom. The quantitative estimate of drug-likeness (QED) is 0.761. The lowest BCUT2D eigenvalue weighted by Crippen LogP contribution is -2.43. The first kappa shape index (κ1) is 10.8. The summed E-state index contributed by atoms with van der Waals surface area (Å²) < 4.78 is 0. The summed E-state index contributed by atoms with van der Waals surface area (Å²) >= 11 is 5.80. The Morgan fingerprint density at radius 2 is 2.31 bits per heavy atom. The first-order valence-electron chi connectivity index (χ1n) is 4.64. The normalized spacial score (nSPS) is 15.8. The van der Waals surface area contributed by atoms with Crippen LogP contribution in [0.1, 0.15) is 5.56 Å². The van der Waals surface area contributed by atoms with E-state index in [9.17, 15) is 9.90 Å². The molecule has 1 aliphatic heterocycles. The number of rotatable bonds is 1. The molecule has 0 aromatic heterocycles. The second kappa shape index (κ2) is 4.02. The number of hydrazone groups is 1. The van der Waals surface area contributed by atoms with E-state index in [1.807, 2.05) is 0 Å². The van der Waals surface area contributed by atoms with Crippen LogP contribution in [0, 0.1) is 0 Å². The van der Waals surface area contributed by atoms with Crippen LogP contribution >= 0.6 is 11.6 Å². The molecule has 1 aromatic rings. The highest BCUT2D eigenvalue weighted by atomic mass is 35.5. The molecule has 2 rings (SSSR count). The van der Waals surface area contributed by atoms with E-state index in [0.717, 1.165) is 5.56 Å². The first-order chi connectivity index (χ1) is 7.58. The van der Waals surface area contributed by atoms with Crippen molar-refractivity contribution in [2.45, 2.75) is 0 Å². The van der Waals surface area contributed by atoms with Crippen LogP contribution in [0.3, 0.4) is 0 Å². The van der Waals surface area contributed by atoms with Crippen LogP contribution in [0.5, 0.6) is 5.75 Å². The molecule has 1 aliphatic rings. The van der Waals surface area contributed by atoms with E-state index in [-0.39, 0.29) is 23.2 Å². The maximum Gasteiger partial charge on any atom is 0.259 e. The summed E-state index contributed by atoms with van der Waals surface area (Å²) in [4.78, 5) is 12.8. The fraction of sp³-hybridized carbons (Fsp3) is 0.200. The van der Waals surface area contributed by atoms with Gasteiger partial charge in [0, 0.05) is 12.6 Å². The molecular weight excluding hydrogens is 230 g/mol. The van der Waals surface area contributed by atoms with Crippen LogP contribution in [-0.2, 0) is 4.79 Å². The predicted molar refractivity (Wildman–Crippen MR) is 60.4 cm³/mol. The largest absolute Gasteiger partial charge is 0.506 e. The van der Waals surface area contributed by atoms with Crippen LogP contribution in [-0.4, -0.2) is 35.3 Å². The lowest BCUT2D eigenvalue weighted by Gasteiger charge is -2.24. The van der Waals surface area contributed by atoms with Gasteiger partial charge in [0.05, 0.1) is 11.6 Å². The third-order valence-electron chi connectivity index (χ3n) is 2.23. The summed E-state index contributed by atoms with van der Waals surface area (Å²) in [5, 5.41) is 13.5. The summed E-state index contributed by atoms with van der Waals surface area (Å²) in [5.74, 6) is 0.478. The molecule has 0 atom stereocenters. The number of aromatic hydroxyl groups is 1. The minimum atomic E-state index is -0.156. The van der Waals surface area contributed by atoms with Gasteiger partial charge in [0.2, 0.25) is 0 Å². The highest BCUT2D eigenvalue weighted by Crippen LogP contribution is 2.24. The third-order valence-corrected chi connectivity index (χ3v) is 2.54. The Labute approximate surface area is 97.3 Å². The molecule has 1 amide bonds. The predicted octanol–water partition coefficient (Wildman–Crippen LogP) is 0.769. The van der Waals surface area contributed by atoms with Crippen molar-refractivity contribution in [3.63, 3.8) is 0 Å². The maximum absolute atomic E-state index is 11.0. The van der Waals surface area contributed by atoms with Gasteiger partial charge in [-0.15, -0.1) is 0 Å². The topological polar surface area (TPSA) is 64.9 Å². The molecule has 5 nitrogen and oxygen atoms in total. The Morgan fingerprint density at radius 1 is 1.56 bits per heavy atom. The van der Waals surface area contributed by atoms with E-state index in [1.54, 1.807) is 24.1 Å². The van der Waals surface area contributed by atoms with Gasteiger partial charge in [0.25, 0.3) is 5.91 Å². The van der Waals surface area contributed by atoms with Crippen molar-refractivity contribution in [3.05, 3.63) is 28.8 Å². The van der Waals surface area contributed by atoms with Gasteiger partial charge in [-0.2, -0.15) is 5.10 Å². The van der Waals surface area contributed by atoms with Gasteiger partial charge < -0.3 is 10.0 Å². The lowest BCUT2D eigenvalue weighted by molar-refractivity contribution is -0.121. The van der Waals surface area contributed by atoms with Crippen molar-refractivity contribution in [1.82, 2.24) is 10.3 Å². The van der Waals surface area contributed by atoms with E-state index < -0.39 is 0 Å². The van der Waals surface area contributed by atoms with Gasteiger partial charge in [-0.05, 0) is 18.2 Å². The zero-order chi connectivity index (χ0) is 11.7. The van der Waals surface area contributed by atoms with Gasteiger partial charge >= 0.3 is 0 Å². The van der Waals surface area contributed by atoms with Gasteiger partial charge in [-0.25, -0.2) is 5.43 Å². The maximum atomic E-state index is 11.0. The number of hydrogen-bond acceptors (Lipinski definition) is 4. The van der Waals surface area contributed by atoms with Crippen molar-refractivity contribution in [2.75, 3.05) is 13.6 Å². The number of amides is 1. The number of halogens is 1. The second-order valence-electron chi connectivity index (χ2n) is 3.49. The number of amidine groups is 1. The summed E-state index contributed by atoms with van der Waals surface area (Å²) in [7, 11) is 1.76. The van der Waals surface area contributed by atoms with Gasteiger partial charge in [-0.1, -0.05) is 11.6 Å². The number of nitrogens with one attached hydrogen (secondary N) is 1. The molecule has 0 spiro atoms. The highest BCUT2D eigenvalue weighted by molar-refractivity contribution is 6.32. The fourth-order valence-corrected chi connectivity index (χ4v) is 1.64. The average Bonchev–Trinajstić information content (AvgIpc) is 2.22. The van der Waals surface area contributed by atoms with Crippen molar-refractivity contribution in [1.29, 1.82) is 0 Å². The van der Waals surface area contributed by atoms with Crippen LogP contribution in [0.4, 0.5) is 0 Å². The zero-order valence-electron chi connectivity index (χ0n) is 8.57. The number of likely N-dealkylation sites (N-methyl/N-ethyl adjacent to an activating group) is 1. The molecule has 2 N–H and O–H groups in total. The molecular formula is C10H10ClN3O2. The molecule has 0 radical (unpaired) electrons. The summed E-state index contributed by atoms with van der Waals surface area (Å²) in [6.45, 7) is 0.247. The number of nitrogens with zero attached hydrogens (tertiary/aromatic N) is 2.